The van der Waals surface area contributed by atoms with Gasteiger partial charge in [-0.05, 0) is 44.0 Å². The summed E-state index contributed by atoms with van der Waals surface area (Å²) in [5, 5.41) is 7.91. The second kappa shape index (κ2) is 8.18. The zero-order valence-electron chi connectivity index (χ0n) is 17.3. The quantitative estimate of drug-likeness (QED) is 0.530. The highest BCUT2D eigenvalue weighted by atomic mass is 16.5. The Bertz CT molecular complexity index is 1230. The van der Waals surface area contributed by atoms with Crippen molar-refractivity contribution in [3.8, 4) is 11.3 Å². The van der Waals surface area contributed by atoms with E-state index in [0.29, 0.717) is 17.9 Å². The molecule has 0 saturated carbocycles. The van der Waals surface area contributed by atoms with Crippen molar-refractivity contribution >= 4 is 22.8 Å². The highest BCUT2D eigenvalue weighted by molar-refractivity contribution is 6.00. The van der Waals surface area contributed by atoms with Crippen molar-refractivity contribution in [2.45, 2.75) is 26.3 Å². The Kier molecular flexibility index (Phi) is 5.08. The molecule has 3 heterocycles. The normalized spacial score (nSPS) is 13.6. The van der Waals surface area contributed by atoms with Gasteiger partial charge in [-0.15, -0.1) is 0 Å². The van der Waals surface area contributed by atoms with Crippen LogP contribution in [0.3, 0.4) is 0 Å². The summed E-state index contributed by atoms with van der Waals surface area (Å²) in [6.45, 7) is 4.27. The van der Waals surface area contributed by atoms with E-state index in [9.17, 15) is 4.79 Å². The molecule has 0 bridgehead atoms. The minimum absolute atomic E-state index is 0.166. The first-order valence-electron chi connectivity index (χ1n) is 10.5. The summed E-state index contributed by atoms with van der Waals surface area (Å²) in [6, 6.07) is 17.1. The molecule has 31 heavy (non-hydrogen) atoms. The van der Waals surface area contributed by atoms with E-state index in [4.69, 9.17) is 4.52 Å². The molecule has 0 atom stereocenters. The first-order valence-corrected chi connectivity index (χ1v) is 10.5. The molecule has 7 nitrogen and oxygen atoms in total. The Morgan fingerprint density at radius 1 is 1.06 bits per heavy atom. The van der Waals surface area contributed by atoms with Crippen molar-refractivity contribution in [1.82, 2.24) is 20.4 Å². The van der Waals surface area contributed by atoms with Crippen molar-refractivity contribution in [3.05, 3.63) is 71.5 Å². The molecule has 1 aliphatic rings. The topological polar surface area (TPSA) is 84.2 Å². The number of nitrogens with one attached hydrogen (secondary N) is 1. The van der Waals surface area contributed by atoms with Gasteiger partial charge < -0.3 is 14.7 Å². The molecule has 1 aliphatic heterocycles. The van der Waals surface area contributed by atoms with E-state index in [1.54, 1.807) is 12.1 Å². The zero-order chi connectivity index (χ0) is 21.2. The van der Waals surface area contributed by atoms with Crippen LogP contribution in [-0.2, 0) is 6.54 Å². The van der Waals surface area contributed by atoms with E-state index in [-0.39, 0.29) is 5.91 Å². The molecule has 2 aromatic heterocycles. The maximum absolute atomic E-state index is 12.8. The third-order valence-electron chi connectivity index (χ3n) is 5.49. The van der Waals surface area contributed by atoms with Crippen LogP contribution in [0.2, 0.25) is 0 Å². The Labute approximate surface area is 180 Å². The molecule has 1 saturated heterocycles. The summed E-state index contributed by atoms with van der Waals surface area (Å²) in [5.74, 6) is 1.24. The van der Waals surface area contributed by atoms with Crippen LogP contribution in [0, 0.1) is 6.92 Å². The predicted octanol–water partition coefficient (Wildman–Crippen LogP) is 4.12. The molecule has 156 valence electrons. The maximum Gasteiger partial charge on any atom is 0.251 e. The van der Waals surface area contributed by atoms with Gasteiger partial charge in [0.25, 0.3) is 5.91 Å². The van der Waals surface area contributed by atoms with Crippen LogP contribution < -0.4 is 10.2 Å². The fraction of sp³-hybridized carbons (Fsp3) is 0.250. The Morgan fingerprint density at radius 2 is 1.87 bits per heavy atom. The van der Waals surface area contributed by atoms with Crippen molar-refractivity contribution in [3.63, 3.8) is 0 Å². The van der Waals surface area contributed by atoms with Crippen LogP contribution in [0.25, 0.3) is 22.2 Å². The van der Waals surface area contributed by atoms with Gasteiger partial charge in [-0.3, -0.25) is 4.79 Å². The molecule has 1 amide bonds. The number of benzene rings is 2. The van der Waals surface area contributed by atoms with Crippen molar-refractivity contribution in [2.75, 3.05) is 18.0 Å². The van der Waals surface area contributed by atoms with E-state index in [1.807, 2.05) is 49.4 Å². The Hall–Kier alpha value is -3.74. The number of hydrogen-bond acceptors (Lipinski definition) is 6. The van der Waals surface area contributed by atoms with Gasteiger partial charge in [0.1, 0.15) is 5.52 Å². The van der Waals surface area contributed by atoms with Crippen LogP contribution in [-0.4, -0.2) is 34.1 Å². The van der Waals surface area contributed by atoms with Crippen LogP contribution in [0.5, 0.6) is 0 Å². The summed E-state index contributed by atoms with van der Waals surface area (Å²) in [5.41, 5.74) is 3.90. The average Bonchev–Trinajstić information content (AvgIpc) is 3.47. The second-order valence-corrected chi connectivity index (χ2v) is 7.79. The molecule has 1 N–H and O–H groups in total. The number of nitrogens with zero attached hydrogens (tertiary/aromatic N) is 4. The van der Waals surface area contributed by atoms with Crippen molar-refractivity contribution in [2.24, 2.45) is 0 Å². The molecule has 7 heteroatoms. The standard InChI is InChI=1S/C24H23N5O2/c1-16-13-19(27-24(26-16)29-11-5-6-12-29)15-25-23(30)18-9-10-21-20(14-18)22(31-28-21)17-7-3-2-4-8-17/h2-4,7-10,13-14H,5-6,11-12,15H2,1H3,(H,25,30). The van der Waals surface area contributed by atoms with Gasteiger partial charge >= 0.3 is 0 Å². The second-order valence-electron chi connectivity index (χ2n) is 7.79. The lowest BCUT2D eigenvalue weighted by Gasteiger charge is -2.16. The molecule has 0 unspecified atom stereocenters. The largest absolute Gasteiger partial charge is 0.355 e. The summed E-state index contributed by atoms with van der Waals surface area (Å²) in [7, 11) is 0. The number of anilines is 1. The van der Waals surface area contributed by atoms with Gasteiger partial charge in [0, 0.05) is 29.9 Å². The molecular weight excluding hydrogens is 390 g/mol. The summed E-state index contributed by atoms with van der Waals surface area (Å²) in [4.78, 5) is 24.2. The number of carbonyl (C=O) groups excluding carboxylic acids is 1. The van der Waals surface area contributed by atoms with Crippen LogP contribution in [0.15, 0.2) is 59.1 Å². The highest BCUT2D eigenvalue weighted by Gasteiger charge is 2.17. The number of amides is 1. The lowest BCUT2D eigenvalue weighted by molar-refractivity contribution is 0.0950. The fourth-order valence-electron chi connectivity index (χ4n) is 3.92. The van der Waals surface area contributed by atoms with Gasteiger partial charge in [-0.2, -0.15) is 0 Å². The maximum atomic E-state index is 12.8. The molecule has 5 rings (SSSR count). The van der Waals surface area contributed by atoms with Gasteiger partial charge in [0.05, 0.1) is 17.6 Å². The Balaban J connectivity index is 1.35. The van der Waals surface area contributed by atoms with Crippen molar-refractivity contribution in [1.29, 1.82) is 0 Å². The highest BCUT2D eigenvalue weighted by Crippen LogP contribution is 2.29. The molecule has 0 aliphatic carbocycles. The third-order valence-corrected chi connectivity index (χ3v) is 5.49. The van der Waals surface area contributed by atoms with Gasteiger partial charge in [0.2, 0.25) is 5.95 Å². The molecule has 1 fully saturated rings. The minimum atomic E-state index is -0.166. The predicted molar refractivity (Wildman–Crippen MR) is 119 cm³/mol. The molecule has 0 radical (unpaired) electrons. The summed E-state index contributed by atoms with van der Waals surface area (Å²) >= 11 is 0. The average molecular weight is 413 g/mol. The minimum Gasteiger partial charge on any atom is -0.355 e. The first-order chi connectivity index (χ1) is 15.2. The molecular formula is C24H23N5O2. The summed E-state index contributed by atoms with van der Waals surface area (Å²) < 4.78 is 5.54. The number of hydrogen-bond donors (Lipinski definition) is 1. The van der Waals surface area contributed by atoms with E-state index in [2.05, 4.69) is 25.3 Å². The number of carbonyl (C=O) groups is 1. The lowest BCUT2D eigenvalue weighted by atomic mass is 10.1. The number of aryl methyl sites for hydroxylation is 1. The van der Waals surface area contributed by atoms with Gasteiger partial charge in [-0.1, -0.05) is 35.5 Å². The fourth-order valence-corrected chi connectivity index (χ4v) is 3.92. The van der Waals surface area contributed by atoms with Crippen LogP contribution in [0.4, 0.5) is 5.95 Å². The smallest absolute Gasteiger partial charge is 0.251 e. The van der Waals surface area contributed by atoms with E-state index < -0.39 is 0 Å². The molecule has 4 aromatic rings. The zero-order valence-corrected chi connectivity index (χ0v) is 17.3. The SMILES string of the molecule is Cc1cc(CNC(=O)c2ccc3noc(-c4ccccc4)c3c2)nc(N2CCCC2)n1. The van der Waals surface area contributed by atoms with E-state index in [1.165, 1.54) is 12.8 Å². The van der Waals surface area contributed by atoms with Crippen LogP contribution in [0.1, 0.15) is 34.6 Å². The first kappa shape index (κ1) is 19.2. The number of rotatable bonds is 5. The van der Waals surface area contributed by atoms with Crippen LogP contribution >= 0.6 is 0 Å². The van der Waals surface area contributed by atoms with E-state index in [0.717, 1.165) is 46.9 Å². The Morgan fingerprint density at radius 3 is 2.68 bits per heavy atom. The molecule has 2 aromatic carbocycles. The molecule has 0 spiro atoms. The van der Waals surface area contributed by atoms with Crippen molar-refractivity contribution < 1.29 is 9.32 Å². The van der Waals surface area contributed by atoms with Gasteiger partial charge in [0.15, 0.2) is 5.76 Å². The monoisotopic (exact) mass is 413 g/mol. The number of fused-ring (bicyclic) bond motifs is 1. The van der Waals surface area contributed by atoms with Gasteiger partial charge in [-0.25, -0.2) is 9.97 Å². The number of aromatic nitrogens is 3. The lowest BCUT2D eigenvalue weighted by Crippen LogP contribution is -2.25. The van der Waals surface area contributed by atoms with E-state index >= 15 is 0 Å². The third kappa shape index (κ3) is 3.99. The summed E-state index contributed by atoms with van der Waals surface area (Å²) in [6.07, 6.45) is 2.33.